The Morgan fingerprint density at radius 2 is 1.65 bits per heavy atom. The average molecular weight is 943 g/mol. The Kier molecular flexibility index (Phi) is 14.1. The number of aliphatic hydroxyl groups is 1. The first-order valence-electron chi connectivity index (χ1n) is 21.5. The smallest absolute Gasteiger partial charge is 0.246 e. The number of fused-ring (bicyclic) bond motifs is 3. The second kappa shape index (κ2) is 19.3. The Bertz CT molecular complexity index is 2610. The summed E-state index contributed by atoms with van der Waals surface area (Å²) in [6.45, 7) is 16.8. The summed E-state index contributed by atoms with van der Waals surface area (Å²) >= 11 is 9.45. The second-order valence-corrected chi connectivity index (χ2v) is 21.0. The summed E-state index contributed by atoms with van der Waals surface area (Å²) in [5.74, 6) is -0.489. The van der Waals surface area contributed by atoms with Crippen LogP contribution >= 0.6 is 34.3 Å². The highest BCUT2D eigenvalue weighted by molar-refractivity contribution is 7.15. The lowest BCUT2D eigenvalue weighted by atomic mass is 9.85. The van der Waals surface area contributed by atoms with Crippen LogP contribution in [0.5, 0.6) is 0 Å². The van der Waals surface area contributed by atoms with Gasteiger partial charge in [0.1, 0.15) is 35.6 Å². The number of likely N-dealkylation sites (tertiary alicyclic amines) is 1. The fraction of sp³-hybridized carbons (Fsp3) is 0.447. The van der Waals surface area contributed by atoms with Crippen molar-refractivity contribution in [2.24, 2.45) is 10.4 Å². The Morgan fingerprint density at radius 3 is 2.31 bits per heavy atom. The van der Waals surface area contributed by atoms with E-state index in [1.807, 2.05) is 93.2 Å². The number of hydrogen-bond acceptors (Lipinski definition) is 12. The quantitative estimate of drug-likeness (QED) is 0.0984. The van der Waals surface area contributed by atoms with Gasteiger partial charge in [0.2, 0.25) is 23.6 Å². The number of carbonyl (C=O) groups excluding carboxylic acids is 4. The zero-order valence-corrected chi connectivity index (χ0v) is 40.5. The minimum absolute atomic E-state index is 0.0243. The average Bonchev–Trinajstić information content (AvgIpc) is 4.01. The number of amides is 4. The van der Waals surface area contributed by atoms with Gasteiger partial charge in [0.15, 0.2) is 5.82 Å². The Morgan fingerprint density at radius 1 is 0.954 bits per heavy atom. The van der Waals surface area contributed by atoms with E-state index in [9.17, 15) is 24.3 Å². The van der Waals surface area contributed by atoms with Crippen molar-refractivity contribution in [3.8, 4) is 15.4 Å². The molecule has 2 aliphatic heterocycles. The molecule has 0 aliphatic carbocycles. The summed E-state index contributed by atoms with van der Waals surface area (Å²) in [6.07, 6.45) is -0.869. The van der Waals surface area contributed by atoms with Crippen LogP contribution in [0.2, 0.25) is 5.02 Å². The summed E-state index contributed by atoms with van der Waals surface area (Å²) in [5.41, 5.74) is 6.66. The maximum Gasteiger partial charge on any atom is 0.246 e. The molecular formula is C47H56ClN9O6S2. The van der Waals surface area contributed by atoms with Crippen molar-refractivity contribution >= 4 is 63.6 Å². The number of aromatic nitrogens is 4. The van der Waals surface area contributed by atoms with E-state index in [0.29, 0.717) is 16.7 Å². The van der Waals surface area contributed by atoms with E-state index in [4.69, 9.17) is 21.3 Å². The van der Waals surface area contributed by atoms with Gasteiger partial charge in [-0.15, -0.1) is 32.9 Å². The van der Waals surface area contributed by atoms with Crippen LogP contribution < -0.4 is 16.0 Å². The molecule has 18 heteroatoms. The van der Waals surface area contributed by atoms with E-state index in [2.05, 4.69) is 45.0 Å². The molecule has 2 aliphatic rings. The van der Waals surface area contributed by atoms with Crippen molar-refractivity contribution in [3.05, 3.63) is 104 Å². The number of ether oxygens (including phenoxy) is 1. The molecular weight excluding hydrogens is 886 g/mol. The third kappa shape index (κ3) is 10.7. The molecule has 4 N–H and O–H groups in total. The van der Waals surface area contributed by atoms with Crippen LogP contribution in [0.25, 0.3) is 15.4 Å². The predicted octanol–water partition coefficient (Wildman–Crippen LogP) is 6.34. The van der Waals surface area contributed by atoms with Crippen molar-refractivity contribution in [2.75, 3.05) is 19.8 Å². The Labute approximate surface area is 392 Å². The zero-order valence-electron chi connectivity index (χ0n) is 38.1. The number of carbonyl (C=O) groups is 4. The number of thiazole rings is 1. The van der Waals surface area contributed by atoms with Crippen molar-refractivity contribution in [2.45, 2.75) is 111 Å². The predicted molar refractivity (Wildman–Crippen MR) is 253 cm³/mol. The first kappa shape index (κ1) is 47.6. The number of nitrogens with one attached hydrogen (secondary N) is 3. The number of nitrogens with zero attached hydrogens (tertiary/aromatic N) is 6. The van der Waals surface area contributed by atoms with E-state index >= 15 is 0 Å². The highest BCUT2D eigenvalue weighted by Gasteiger charge is 2.44. The zero-order chi connectivity index (χ0) is 47.0. The molecule has 4 amide bonds. The van der Waals surface area contributed by atoms with Crippen molar-refractivity contribution in [3.63, 3.8) is 0 Å². The fourth-order valence-corrected chi connectivity index (χ4v) is 10.3. The lowest BCUT2D eigenvalue weighted by Crippen LogP contribution is -2.58. The molecule has 15 nitrogen and oxygen atoms in total. The van der Waals surface area contributed by atoms with Crippen molar-refractivity contribution in [1.82, 2.24) is 40.6 Å². The molecule has 1 fully saturated rings. The standard InChI is InChI=1S/C47H56ClN9O6S2/c1-25-27(3)65-45-38(25)39(30-14-16-32(48)17-15-30)51-34(42-55-54-28(4)57(42)45)19-36(59)53-47(8,9)23-63-22-37(60)52-41(46(5,6)7)44(62)56-21-33(58)18-35(56)43(61)49-20-29-10-12-31(13-11-29)40-26(2)50-24-64-40/h10-17,24,33-35,41,58H,18-23H2,1-9H3,(H,49,61)(H,52,60)(H,53,59)/t33-,34+,35+,41-/m1/s1. The van der Waals surface area contributed by atoms with E-state index in [-0.39, 0.29) is 38.4 Å². The van der Waals surface area contributed by atoms with Crippen LogP contribution in [-0.4, -0.2) is 103 Å². The number of hydrogen-bond donors (Lipinski definition) is 4. The molecule has 3 aromatic heterocycles. The minimum atomic E-state index is -1.03. The monoisotopic (exact) mass is 941 g/mol. The molecule has 65 heavy (non-hydrogen) atoms. The summed E-state index contributed by atoms with van der Waals surface area (Å²) < 4.78 is 7.84. The lowest BCUT2D eigenvalue weighted by Gasteiger charge is -2.35. The number of aliphatic imine (C=N–C) groups is 1. The third-order valence-corrected chi connectivity index (χ3v) is 14.0. The van der Waals surface area contributed by atoms with Gasteiger partial charge < -0.3 is 30.7 Å². The van der Waals surface area contributed by atoms with Crippen molar-refractivity contribution in [1.29, 1.82) is 0 Å². The topological polar surface area (TPSA) is 193 Å². The molecule has 0 spiro atoms. The summed E-state index contributed by atoms with van der Waals surface area (Å²) in [5, 5.41) is 29.9. The Balaban J connectivity index is 0.955. The van der Waals surface area contributed by atoms with Crippen LogP contribution in [0.1, 0.15) is 98.0 Å². The number of benzene rings is 2. The highest BCUT2D eigenvalue weighted by Crippen LogP contribution is 2.40. The number of β-amino-alcohol motifs (C(OH)–C–C–N with tert-alkyl or cyclic N) is 1. The van der Waals surface area contributed by atoms with Gasteiger partial charge in [-0.1, -0.05) is 68.8 Å². The highest BCUT2D eigenvalue weighted by atomic mass is 35.5. The van der Waals surface area contributed by atoms with E-state index in [1.165, 1.54) is 4.90 Å². The number of halogens is 1. The van der Waals surface area contributed by atoms with Crippen LogP contribution in [0.15, 0.2) is 59.0 Å². The molecule has 344 valence electrons. The van der Waals surface area contributed by atoms with Gasteiger partial charge in [0, 0.05) is 40.5 Å². The fourth-order valence-electron chi connectivity index (χ4n) is 8.15. The third-order valence-electron chi connectivity index (χ3n) is 11.6. The maximum absolute atomic E-state index is 14.2. The number of aryl methyl sites for hydroxylation is 3. The normalized spacial score (nSPS) is 17.7. The summed E-state index contributed by atoms with van der Waals surface area (Å²) in [7, 11) is 0. The lowest BCUT2D eigenvalue weighted by molar-refractivity contribution is -0.144. The number of thiophene rings is 1. The van der Waals surface area contributed by atoms with Crippen LogP contribution in [-0.2, 0) is 30.5 Å². The van der Waals surface area contributed by atoms with Gasteiger partial charge in [0.05, 0.1) is 46.5 Å². The molecule has 5 aromatic rings. The maximum atomic E-state index is 14.2. The van der Waals surface area contributed by atoms with Crippen LogP contribution in [0, 0.1) is 33.1 Å². The second-order valence-electron chi connectivity index (χ2n) is 18.5. The molecule has 4 atom stereocenters. The molecule has 0 saturated carbocycles. The van der Waals surface area contributed by atoms with Crippen LogP contribution in [0.3, 0.4) is 0 Å². The van der Waals surface area contributed by atoms with Gasteiger partial charge in [0.25, 0.3) is 0 Å². The van der Waals surface area contributed by atoms with Crippen LogP contribution in [0.4, 0.5) is 0 Å². The molecule has 5 heterocycles. The van der Waals surface area contributed by atoms with E-state index < -0.39 is 59.5 Å². The molecule has 0 bridgehead atoms. The largest absolute Gasteiger partial charge is 0.391 e. The van der Waals surface area contributed by atoms with E-state index in [1.54, 1.807) is 36.5 Å². The number of rotatable bonds is 14. The van der Waals surface area contributed by atoms with Gasteiger partial charge in [-0.3, -0.25) is 28.7 Å². The molecule has 0 unspecified atom stereocenters. The summed E-state index contributed by atoms with van der Waals surface area (Å²) in [6, 6.07) is 12.7. The van der Waals surface area contributed by atoms with Gasteiger partial charge in [-0.25, -0.2) is 4.98 Å². The summed E-state index contributed by atoms with van der Waals surface area (Å²) in [4.78, 5) is 68.0. The van der Waals surface area contributed by atoms with E-state index in [0.717, 1.165) is 54.0 Å². The Hall–Kier alpha value is -5.33. The van der Waals surface area contributed by atoms with Gasteiger partial charge in [-0.2, -0.15) is 0 Å². The molecule has 0 radical (unpaired) electrons. The SMILES string of the molecule is Cc1ncsc1-c1ccc(CNC(=O)[C@@H]2C[C@@H](O)CN2C(=O)[C@@H](NC(=O)COCC(C)(C)NC(=O)C[C@@H]2N=C(c3ccc(Cl)cc3)c3c(sc(C)c3C)-n3c(C)nnc32)C(C)(C)C)cc1. The first-order valence-corrected chi connectivity index (χ1v) is 23.6. The molecule has 7 rings (SSSR count). The van der Waals surface area contributed by atoms with Gasteiger partial charge >= 0.3 is 0 Å². The van der Waals surface area contributed by atoms with Crippen molar-refractivity contribution < 1.29 is 29.0 Å². The first-order chi connectivity index (χ1) is 30.7. The molecule has 2 aromatic carbocycles. The van der Waals surface area contributed by atoms with Gasteiger partial charge in [-0.05, 0) is 75.8 Å². The minimum Gasteiger partial charge on any atom is -0.391 e. The molecule has 1 saturated heterocycles. The number of aliphatic hydroxyl groups excluding tert-OH is 1.